The molecule has 0 bridgehead atoms. The maximum absolute atomic E-state index is 10.2. The zero-order valence-corrected chi connectivity index (χ0v) is 9.31. The van der Waals surface area contributed by atoms with Gasteiger partial charge in [0, 0.05) is 0 Å². The fraction of sp³-hybridized carbons (Fsp3) is 0.417. The van der Waals surface area contributed by atoms with Crippen molar-refractivity contribution in [1.29, 1.82) is 0 Å². The van der Waals surface area contributed by atoms with Crippen LogP contribution in [0.25, 0.3) is 0 Å². The Kier molecular flexibility index (Phi) is 5.36. The Hall–Kier alpha value is -1.55. The highest BCUT2D eigenvalue weighted by Crippen LogP contribution is 2.12. The second-order valence-electron chi connectivity index (χ2n) is 3.27. The van der Waals surface area contributed by atoms with Crippen molar-refractivity contribution in [2.45, 2.75) is 13.3 Å². The number of rotatable bonds is 7. The van der Waals surface area contributed by atoms with E-state index < -0.39 is 5.97 Å². The lowest BCUT2D eigenvalue weighted by Crippen LogP contribution is -2.08. The van der Waals surface area contributed by atoms with Crippen molar-refractivity contribution in [3.63, 3.8) is 0 Å². The third kappa shape index (κ3) is 4.79. The number of carboxylic acids is 1. The summed E-state index contributed by atoms with van der Waals surface area (Å²) in [5.41, 5.74) is 1.11. The van der Waals surface area contributed by atoms with Crippen molar-refractivity contribution in [2.24, 2.45) is 0 Å². The van der Waals surface area contributed by atoms with Crippen molar-refractivity contribution >= 4 is 5.97 Å². The molecule has 4 nitrogen and oxygen atoms in total. The highest BCUT2D eigenvalue weighted by Gasteiger charge is 1.98. The van der Waals surface area contributed by atoms with Crippen LogP contribution >= 0.6 is 0 Å². The predicted molar refractivity (Wildman–Crippen MR) is 59.8 cm³/mol. The van der Waals surface area contributed by atoms with Crippen molar-refractivity contribution in [1.82, 2.24) is 0 Å². The van der Waals surface area contributed by atoms with E-state index in [0.29, 0.717) is 19.6 Å². The molecule has 0 radical (unpaired) electrons. The highest BCUT2D eigenvalue weighted by atomic mass is 16.5. The summed E-state index contributed by atoms with van der Waals surface area (Å²) in [6.45, 7) is 2.77. The van der Waals surface area contributed by atoms with Crippen LogP contribution in [0.1, 0.15) is 12.5 Å². The Morgan fingerprint density at radius 1 is 1.31 bits per heavy atom. The minimum Gasteiger partial charge on any atom is -0.494 e. The Bertz CT molecular complexity index is 318. The van der Waals surface area contributed by atoms with Gasteiger partial charge in [-0.15, -0.1) is 0 Å². The van der Waals surface area contributed by atoms with Gasteiger partial charge in [-0.3, -0.25) is 0 Å². The molecule has 1 N–H and O–H groups in total. The summed E-state index contributed by atoms with van der Waals surface area (Å²) < 4.78 is 10.3. The van der Waals surface area contributed by atoms with Gasteiger partial charge >= 0.3 is 5.97 Å². The Labute approximate surface area is 94.8 Å². The van der Waals surface area contributed by atoms with Crippen LogP contribution in [0.15, 0.2) is 24.3 Å². The fourth-order valence-corrected chi connectivity index (χ4v) is 1.27. The minimum atomic E-state index is -0.938. The number of benzene rings is 1. The molecule has 1 aromatic carbocycles. The number of aliphatic carboxylic acids is 1. The third-order valence-corrected chi connectivity index (χ3v) is 1.99. The molecule has 0 spiro atoms. The van der Waals surface area contributed by atoms with E-state index in [4.69, 9.17) is 14.6 Å². The van der Waals surface area contributed by atoms with Crippen molar-refractivity contribution < 1.29 is 19.4 Å². The van der Waals surface area contributed by atoms with Gasteiger partial charge in [0.15, 0.2) is 0 Å². The Morgan fingerprint density at radius 2 is 2.00 bits per heavy atom. The van der Waals surface area contributed by atoms with Crippen LogP contribution in [0.3, 0.4) is 0 Å². The number of ether oxygens (including phenoxy) is 2. The van der Waals surface area contributed by atoms with Crippen LogP contribution in [0.5, 0.6) is 5.75 Å². The smallest absolute Gasteiger partial charge is 0.329 e. The Balaban J connectivity index is 2.29. The molecular weight excluding hydrogens is 208 g/mol. The zero-order chi connectivity index (χ0) is 11.8. The van der Waals surface area contributed by atoms with Crippen LogP contribution in [0.2, 0.25) is 0 Å². The first kappa shape index (κ1) is 12.5. The predicted octanol–water partition coefficient (Wildman–Crippen LogP) is 1.73. The molecule has 1 rings (SSSR count). The largest absolute Gasteiger partial charge is 0.494 e. The third-order valence-electron chi connectivity index (χ3n) is 1.99. The number of carbonyl (C=O) groups is 1. The summed E-state index contributed by atoms with van der Waals surface area (Å²) >= 11 is 0. The molecule has 1 aromatic rings. The summed E-state index contributed by atoms with van der Waals surface area (Å²) in [4.78, 5) is 10.2. The van der Waals surface area contributed by atoms with E-state index in [1.807, 2.05) is 31.2 Å². The van der Waals surface area contributed by atoms with E-state index in [9.17, 15) is 4.79 Å². The fourth-order valence-electron chi connectivity index (χ4n) is 1.27. The average molecular weight is 224 g/mol. The number of hydrogen-bond donors (Lipinski definition) is 1. The second kappa shape index (κ2) is 6.85. The topological polar surface area (TPSA) is 55.8 Å². The molecule has 0 saturated heterocycles. The minimum absolute atomic E-state index is 0.239. The molecule has 0 saturated carbocycles. The van der Waals surface area contributed by atoms with Gasteiger partial charge in [-0.25, -0.2) is 4.79 Å². The first-order chi connectivity index (χ1) is 7.72. The number of hydrogen-bond acceptors (Lipinski definition) is 3. The lowest BCUT2D eigenvalue weighted by molar-refractivity contribution is -0.142. The van der Waals surface area contributed by atoms with Gasteiger partial charge in [0.1, 0.15) is 12.4 Å². The van der Waals surface area contributed by atoms with Gasteiger partial charge in [0.25, 0.3) is 0 Å². The van der Waals surface area contributed by atoms with Crippen molar-refractivity contribution in [3.05, 3.63) is 29.8 Å². The summed E-state index contributed by atoms with van der Waals surface area (Å²) in [6, 6.07) is 7.70. The van der Waals surface area contributed by atoms with Gasteiger partial charge in [0.2, 0.25) is 0 Å². The maximum Gasteiger partial charge on any atom is 0.329 e. The van der Waals surface area contributed by atoms with E-state index in [0.717, 1.165) is 11.3 Å². The summed E-state index contributed by atoms with van der Waals surface area (Å²) in [7, 11) is 0. The number of carboxylic acid groups (broad SMARTS) is 1. The molecule has 0 fully saturated rings. The van der Waals surface area contributed by atoms with Crippen LogP contribution < -0.4 is 4.74 Å². The van der Waals surface area contributed by atoms with Crippen LogP contribution in [-0.2, 0) is 16.0 Å². The van der Waals surface area contributed by atoms with Gasteiger partial charge < -0.3 is 14.6 Å². The van der Waals surface area contributed by atoms with E-state index in [-0.39, 0.29) is 6.61 Å². The normalized spacial score (nSPS) is 10.1. The lowest BCUT2D eigenvalue weighted by Gasteiger charge is -2.05. The first-order valence-corrected chi connectivity index (χ1v) is 5.23. The molecule has 16 heavy (non-hydrogen) atoms. The summed E-state index contributed by atoms with van der Waals surface area (Å²) in [6.07, 6.45) is 0.708. The Morgan fingerprint density at radius 3 is 2.56 bits per heavy atom. The molecule has 0 aliphatic heterocycles. The molecule has 4 heteroatoms. The monoisotopic (exact) mass is 224 g/mol. The first-order valence-electron chi connectivity index (χ1n) is 5.23. The summed E-state index contributed by atoms with van der Waals surface area (Å²) in [5, 5.41) is 8.36. The molecule has 0 aromatic heterocycles. The van der Waals surface area contributed by atoms with Crippen LogP contribution in [0.4, 0.5) is 0 Å². The molecule has 0 heterocycles. The second-order valence-corrected chi connectivity index (χ2v) is 3.27. The van der Waals surface area contributed by atoms with Gasteiger partial charge in [-0.05, 0) is 31.0 Å². The van der Waals surface area contributed by atoms with Crippen LogP contribution in [0, 0.1) is 0 Å². The standard InChI is InChI=1S/C12H16O4/c1-2-16-11-5-3-10(4-6-11)7-8-15-9-12(13)14/h3-6H,2,7-9H2,1H3,(H,13,14). The van der Waals surface area contributed by atoms with Gasteiger partial charge in [-0.2, -0.15) is 0 Å². The van der Waals surface area contributed by atoms with E-state index in [1.54, 1.807) is 0 Å². The maximum atomic E-state index is 10.2. The SMILES string of the molecule is CCOc1ccc(CCOCC(=O)O)cc1. The molecule has 0 aliphatic rings. The molecular formula is C12H16O4. The van der Waals surface area contributed by atoms with Gasteiger partial charge in [0.05, 0.1) is 13.2 Å². The molecule has 0 atom stereocenters. The van der Waals surface area contributed by atoms with Crippen molar-refractivity contribution in [2.75, 3.05) is 19.8 Å². The van der Waals surface area contributed by atoms with E-state index in [1.165, 1.54) is 0 Å². The van der Waals surface area contributed by atoms with E-state index in [2.05, 4.69) is 0 Å². The highest BCUT2D eigenvalue weighted by molar-refractivity contribution is 5.67. The average Bonchev–Trinajstić information content (AvgIpc) is 2.27. The molecule has 0 amide bonds. The lowest BCUT2D eigenvalue weighted by atomic mass is 10.1. The van der Waals surface area contributed by atoms with Crippen molar-refractivity contribution in [3.8, 4) is 5.75 Å². The summed E-state index contributed by atoms with van der Waals surface area (Å²) in [5.74, 6) is -0.0931. The molecule has 88 valence electrons. The molecule has 0 unspecified atom stereocenters. The van der Waals surface area contributed by atoms with Gasteiger partial charge in [-0.1, -0.05) is 12.1 Å². The van der Waals surface area contributed by atoms with Crippen LogP contribution in [-0.4, -0.2) is 30.9 Å². The molecule has 0 aliphatic carbocycles. The van der Waals surface area contributed by atoms with E-state index >= 15 is 0 Å². The quantitative estimate of drug-likeness (QED) is 0.716. The zero-order valence-electron chi connectivity index (χ0n) is 9.31.